The molecule has 0 aromatic heterocycles. The Hall–Kier alpha value is -0.610. The molecule has 1 heterocycles. The van der Waals surface area contributed by atoms with Crippen LogP contribution in [-0.2, 0) is 4.79 Å². The second-order valence-corrected chi connectivity index (χ2v) is 4.42. The summed E-state index contributed by atoms with van der Waals surface area (Å²) in [6, 6.07) is -0.00810. The minimum absolute atomic E-state index is 0.00810. The molecule has 1 aliphatic rings. The van der Waals surface area contributed by atoms with E-state index < -0.39 is 0 Å². The molecule has 0 aromatic rings. The lowest BCUT2D eigenvalue weighted by Gasteiger charge is -2.25. The van der Waals surface area contributed by atoms with Crippen LogP contribution in [0.2, 0.25) is 0 Å². The summed E-state index contributed by atoms with van der Waals surface area (Å²) in [5, 5.41) is 12.1. The molecule has 0 radical (unpaired) electrons. The molecule has 1 fully saturated rings. The number of nitrogens with zero attached hydrogens (tertiary/aromatic N) is 1. The first-order chi connectivity index (χ1) is 7.11. The van der Waals surface area contributed by atoms with Crippen LogP contribution >= 0.6 is 0 Å². The average Bonchev–Trinajstić information content (AvgIpc) is 2.39. The topological polar surface area (TPSA) is 52.6 Å². The van der Waals surface area contributed by atoms with E-state index in [1.165, 1.54) is 0 Å². The quantitative estimate of drug-likeness (QED) is 0.710. The summed E-state index contributed by atoms with van der Waals surface area (Å²) >= 11 is 0. The maximum absolute atomic E-state index is 11.7. The summed E-state index contributed by atoms with van der Waals surface area (Å²) in [7, 11) is 1.96. The van der Waals surface area contributed by atoms with Gasteiger partial charge in [0.25, 0.3) is 0 Å². The number of nitrogens with one attached hydrogen (secondary N) is 1. The fourth-order valence-electron chi connectivity index (χ4n) is 1.89. The third-order valence-corrected chi connectivity index (χ3v) is 2.94. The Morgan fingerprint density at radius 1 is 1.60 bits per heavy atom. The van der Waals surface area contributed by atoms with Gasteiger partial charge in [-0.3, -0.25) is 9.69 Å². The molecule has 88 valence electrons. The van der Waals surface area contributed by atoms with Crippen LogP contribution in [0, 0.1) is 0 Å². The number of carbonyl (C=O) groups excluding carboxylic acids is 1. The zero-order chi connectivity index (χ0) is 11.3. The van der Waals surface area contributed by atoms with Gasteiger partial charge in [0.2, 0.25) is 5.91 Å². The predicted octanol–water partition coefficient (Wildman–Crippen LogP) is 0.358. The molecule has 1 saturated heterocycles. The average molecular weight is 214 g/mol. The van der Waals surface area contributed by atoms with Crippen molar-refractivity contribution in [3.05, 3.63) is 0 Å². The van der Waals surface area contributed by atoms with E-state index in [4.69, 9.17) is 0 Å². The highest BCUT2D eigenvalue weighted by atomic mass is 16.3. The van der Waals surface area contributed by atoms with Crippen molar-refractivity contribution in [1.82, 2.24) is 10.2 Å². The molecule has 2 N–H and O–H groups in total. The summed E-state index contributed by atoms with van der Waals surface area (Å²) in [5.74, 6) is 0.139. The lowest BCUT2D eigenvalue weighted by atomic mass is 10.1. The van der Waals surface area contributed by atoms with Crippen molar-refractivity contribution in [3.8, 4) is 0 Å². The molecule has 4 heteroatoms. The van der Waals surface area contributed by atoms with Gasteiger partial charge in [0.15, 0.2) is 0 Å². The van der Waals surface area contributed by atoms with E-state index in [1.807, 2.05) is 11.9 Å². The Morgan fingerprint density at radius 2 is 2.33 bits per heavy atom. The molecule has 0 bridgehead atoms. The molecule has 1 rings (SSSR count). The number of rotatable bonds is 4. The first kappa shape index (κ1) is 12.5. The Labute approximate surface area is 91.6 Å². The summed E-state index contributed by atoms with van der Waals surface area (Å²) in [4.78, 5) is 13.7. The number of amides is 1. The van der Waals surface area contributed by atoms with Crippen molar-refractivity contribution in [3.63, 3.8) is 0 Å². The van der Waals surface area contributed by atoms with E-state index in [2.05, 4.69) is 5.32 Å². The van der Waals surface area contributed by atoms with Gasteiger partial charge in [0.1, 0.15) is 0 Å². The molecule has 15 heavy (non-hydrogen) atoms. The van der Waals surface area contributed by atoms with Crippen molar-refractivity contribution in [2.75, 3.05) is 20.1 Å². The molecule has 1 aliphatic heterocycles. The zero-order valence-electron chi connectivity index (χ0n) is 9.70. The predicted molar refractivity (Wildman–Crippen MR) is 59.6 cm³/mol. The minimum Gasteiger partial charge on any atom is -0.393 e. The number of aliphatic hydroxyl groups is 1. The minimum atomic E-state index is -0.290. The van der Waals surface area contributed by atoms with Crippen LogP contribution in [0.15, 0.2) is 0 Å². The number of carbonyl (C=O) groups is 1. The van der Waals surface area contributed by atoms with Crippen molar-refractivity contribution in [2.24, 2.45) is 0 Å². The van der Waals surface area contributed by atoms with Gasteiger partial charge in [0, 0.05) is 13.1 Å². The second kappa shape index (κ2) is 6.08. The van der Waals surface area contributed by atoms with Gasteiger partial charge in [-0.2, -0.15) is 0 Å². The van der Waals surface area contributed by atoms with E-state index in [1.54, 1.807) is 6.92 Å². The fraction of sp³-hybridized carbons (Fsp3) is 0.909. The molecular weight excluding hydrogens is 192 g/mol. The molecule has 0 aliphatic carbocycles. The normalized spacial score (nSPS) is 24.8. The summed E-state index contributed by atoms with van der Waals surface area (Å²) in [5.41, 5.74) is 0. The van der Waals surface area contributed by atoms with Crippen LogP contribution in [0.4, 0.5) is 0 Å². The summed E-state index contributed by atoms with van der Waals surface area (Å²) in [6.45, 7) is 3.36. The van der Waals surface area contributed by atoms with Crippen LogP contribution in [0.5, 0.6) is 0 Å². The standard InChI is InChI=1S/C11H22N2O2/c1-9(14)6-8-13(2)10-5-3-4-7-12-11(10)15/h9-10,14H,3-8H2,1-2H3,(H,12,15). The van der Waals surface area contributed by atoms with Crippen LogP contribution in [0.1, 0.15) is 32.6 Å². The third kappa shape index (κ3) is 4.18. The Balaban J connectivity index is 2.41. The van der Waals surface area contributed by atoms with Crippen molar-refractivity contribution < 1.29 is 9.90 Å². The molecule has 2 atom stereocenters. The van der Waals surface area contributed by atoms with Crippen molar-refractivity contribution >= 4 is 5.91 Å². The number of hydrogen-bond donors (Lipinski definition) is 2. The Kier molecular flexibility index (Phi) is 5.05. The van der Waals surface area contributed by atoms with E-state index in [0.29, 0.717) is 0 Å². The highest BCUT2D eigenvalue weighted by Gasteiger charge is 2.24. The highest BCUT2D eigenvalue weighted by molar-refractivity contribution is 5.81. The zero-order valence-corrected chi connectivity index (χ0v) is 9.70. The smallest absolute Gasteiger partial charge is 0.237 e. The van der Waals surface area contributed by atoms with Crippen LogP contribution in [0.3, 0.4) is 0 Å². The van der Waals surface area contributed by atoms with E-state index >= 15 is 0 Å². The van der Waals surface area contributed by atoms with Crippen LogP contribution in [0.25, 0.3) is 0 Å². The molecule has 0 aromatic carbocycles. The van der Waals surface area contributed by atoms with Gasteiger partial charge < -0.3 is 10.4 Å². The first-order valence-electron chi connectivity index (χ1n) is 5.77. The number of hydrogen-bond acceptors (Lipinski definition) is 3. The Bertz CT molecular complexity index is 207. The summed E-state index contributed by atoms with van der Waals surface area (Å²) in [6.07, 6.45) is 3.54. The van der Waals surface area contributed by atoms with Gasteiger partial charge in [-0.15, -0.1) is 0 Å². The van der Waals surface area contributed by atoms with Crippen LogP contribution in [-0.4, -0.2) is 48.2 Å². The maximum Gasteiger partial charge on any atom is 0.237 e. The largest absolute Gasteiger partial charge is 0.393 e. The van der Waals surface area contributed by atoms with Gasteiger partial charge in [0.05, 0.1) is 12.1 Å². The molecule has 0 saturated carbocycles. The Morgan fingerprint density at radius 3 is 3.00 bits per heavy atom. The van der Waals surface area contributed by atoms with Crippen molar-refractivity contribution in [1.29, 1.82) is 0 Å². The monoisotopic (exact) mass is 214 g/mol. The second-order valence-electron chi connectivity index (χ2n) is 4.42. The van der Waals surface area contributed by atoms with Gasteiger partial charge in [-0.1, -0.05) is 0 Å². The van der Waals surface area contributed by atoms with E-state index in [-0.39, 0.29) is 18.1 Å². The van der Waals surface area contributed by atoms with Gasteiger partial charge in [-0.05, 0) is 39.7 Å². The number of aliphatic hydroxyl groups excluding tert-OH is 1. The first-order valence-corrected chi connectivity index (χ1v) is 5.77. The molecular formula is C11H22N2O2. The third-order valence-electron chi connectivity index (χ3n) is 2.94. The van der Waals surface area contributed by atoms with E-state index in [9.17, 15) is 9.90 Å². The molecule has 0 spiro atoms. The van der Waals surface area contributed by atoms with Crippen LogP contribution < -0.4 is 5.32 Å². The van der Waals surface area contributed by atoms with Gasteiger partial charge in [-0.25, -0.2) is 0 Å². The summed E-state index contributed by atoms with van der Waals surface area (Å²) < 4.78 is 0. The lowest BCUT2D eigenvalue weighted by molar-refractivity contribution is -0.125. The lowest BCUT2D eigenvalue weighted by Crippen LogP contribution is -2.44. The van der Waals surface area contributed by atoms with E-state index in [0.717, 1.165) is 38.8 Å². The SMILES string of the molecule is CC(O)CCN(C)C1CCCCNC1=O. The highest BCUT2D eigenvalue weighted by Crippen LogP contribution is 2.11. The maximum atomic E-state index is 11.7. The fourth-order valence-corrected chi connectivity index (χ4v) is 1.89. The molecule has 4 nitrogen and oxygen atoms in total. The molecule has 1 amide bonds. The van der Waals surface area contributed by atoms with Gasteiger partial charge >= 0.3 is 0 Å². The molecule has 2 unspecified atom stereocenters. The van der Waals surface area contributed by atoms with Crippen molar-refractivity contribution in [2.45, 2.75) is 44.8 Å². The number of likely N-dealkylation sites (N-methyl/N-ethyl adjacent to an activating group) is 1.